The van der Waals surface area contributed by atoms with E-state index in [1.54, 1.807) is 6.07 Å². The Morgan fingerprint density at radius 2 is 2.29 bits per heavy atom. The lowest BCUT2D eigenvalue weighted by molar-refractivity contribution is 0.298. The molecule has 0 aliphatic heterocycles. The summed E-state index contributed by atoms with van der Waals surface area (Å²) < 4.78 is 5.91. The molecule has 1 atom stereocenters. The molecule has 0 amide bonds. The van der Waals surface area contributed by atoms with E-state index in [1.165, 1.54) is 0 Å². The van der Waals surface area contributed by atoms with E-state index in [1.807, 2.05) is 12.1 Å². The van der Waals surface area contributed by atoms with Crippen molar-refractivity contribution in [2.45, 2.75) is 10.8 Å². The Labute approximate surface area is 101 Å². The van der Waals surface area contributed by atoms with Crippen LogP contribution in [0.4, 0.5) is 0 Å². The fourth-order valence-electron chi connectivity index (χ4n) is 1.15. The monoisotopic (exact) mass is 293 g/mol. The first-order valence-electron chi connectivity index (χ1n) is 4.25. The minimum absolute atomic E-state index is 0.254. The van der Waals surface area contributed by atoms with E-state index in [9.17, 15) is 0 Å². The van der Waals surface area contributed by atoms with Crippen LogP contribution in [0.15, 0.2) is 22.7 Å². The number of hydrogen-bond donors (Lipinski definition) is 0. The molecule has 1 unspecified atom stereocenters. The average Bonchev–Trinajstić information content (AvgIpc) is 2.71. The molecule has 0 bridgehead atoms. The lowest BCUT2D eigenvalue weighted by atomic mass is 10.3. The van der Waals surface area contributed by atoms with Gasteiger partial charge >= 0.3 is 0 Å². The number of rotatable bonds is 3. The summed E-state index contributed by atoms with van der Waals surface area (Å²) in [6, 6.07) is 8.47. The second-order valence-electron chi connectivity index (χ2n) is 3.36. The highest BCUT2D eigenvalue weighted by molar-refractivity contribution is 9.10. The zero-order valence-electron chi connectivity index (χ0n) is 7.27. The van der Waals surface area contributed by atoms with Gasteiger partial charge < -0.3 is 4.74 Å². The van der Waals surface area contributed by atoms with Crippen LogP contribution in [0.5, 0.6) is 5.75 Å². The van der Waals surface area contributed by atoms with Crippen LogP contribution in [0.3, 0.4) is 0 Å². The van der Waals surface area contributed by atoms with Gasteiger partial charge in [0.1, 0.15) is 10.1 Å². The van der Waals surface area contributed by atoms with Crippen molar-refractivity contribution >= 4 is 39.1 Å². The fraction of sp³-hybridized carbons (Fsp3) is 0.400. The van der Waals surface area contributed by atoms with Crippen LogP contribution in [-0.4, -0.2) is 10.9 Å². The third-order valence-corrected chi connectivity index (χ3v) is 3.52. The van der Waals surface area contributed by atoms with Crippen molar-refractivity contribution in [3.05, 3.63) is 28.7 Å². The van der Waals surface area contributed by atoms with Gasteiger partial charge in [0.25, 0.3) is 0 Å². The van der Waals surface area contributed by atoms with Crippen LogP contribution < -0.4 is 4.74 Å². The first kappa shape index (κ1) is 10.6. The van der Waals surface area contributed by atoms with Crippen molar-refractivity contribution in [2.75, 3.05) is 6.61 Å². The van der Waals surface area contributed by atoms with Crippen LogP contribution >= 0.6 is 39.1 Å². The Bertz CT molecular complexity index is 341. The van der Waals surface area contributed by atoms with E-state index in [0.29, 0.717) is 6.61 Å². The van der Waals surface area contributed by atoms with E-state index in [-0.39, 0.29) is 5.92 Å². The summed E-state index contributed by atoms with van der Waals surface area (Å²) in [7, 11) is 0. The molecule has 1 aliphatic carbocycles. The van der Waals surface area contributed by atoms with E-state index >= 15 is 0 Å². The largest absolute Gasteiger partial charge is 0.493 e. The van der Waals surface area contributed by atoms with Crippen LogP contribution in [0.25, 0.3) is 0 Å². The third-order valence-electron chi connectivity index (χ3n) is 2.13. The summed E-state index contributed by atoms with van der Waals surface area (Å²) in [5.41, 5.74) is 0. The second-order valence-corrected chi connectivity index (χ2v) is 5.82. The standard InChI is InChI=1S/C10H8BrCl2O/c11-8-2-1-3-9(4-8)14-6-7-5-10(7,12)13/h2-4,7H,5-6H2. The maximum absolute atomic E-state index is 5.87. The molecule has 0 aromatic heterocycles. The predicted molar refractivity (Wildman–Crippen MR) is 61.0 cm³/mol. The van der Waals surface area contributed by atoms with Gasteiger partial charge in [0.05, 0.1) is 6.61 Å². The minimum atomic E-state index is -0.560. The molecule has 4 heteroatoms. The van der Waals surface area contributed by atoms with Crippen molar-refractivity contribution < 1.29 is 4.74 Å². The van der Waals surface area contributed by atoms with Crippen LogP contribution in [0.2, 0.25) is 0 Å². The third kappa shape index (κ3) is 2.56. The highest BCUT2D eigenvalue weighted by Crippen LogP contribution is 2.53. The van der Waals surface area contributed by atoms with Gasteiger partial charge in [-0.25, -0.2) is 0 Å². The van der Waals surface area contributed by atoms with Crippen molar-refractivity contribution in [3.8, 4) is 5.75 Å². The maximum Gasteiger partial charge on any atom is 0.125 e. The van der Waals surface area contributed by atoms with Gasteiger partial charge in [0.15, 0.2) is 0 Å². The topological polar surface area (TPSA) is 9.23 Å². The number of halogens is 3. The van der Waals surface area contributed by atoms with E-state index < -0.39 is 4.33 Å². The highest BCUT2D eigenvalue weighted by Gasteiger charge is 2.52. The quantitative estimate of drug-likeness (QED) is 0.770. The lowest BCUT2D eigenvalue weighted by Crippen LogP contribution is -2.04. The Balaban J connectivity index is 1.87. The molecule has 1 aromatic carbocycles. The molecule has 1 radical (unpaired) electrons. The first-order valence-corrected chi connectivity index (χ1v) is 5.80. The summed E-state index contributed by atoms with van der Waals surface area (Å²) in [6.45, 7) is 0.567. The van der Waals surface area contributed by atoms with Crippen molar-refractivity contribution in [1.29, 1.82) is 0 Å². The predicted octanol–water partition coefficient (Wildman–Crippen LogP) is 3.82. The van der Waals surface area contributed by atoms with E-state index in [2.05, 4.69) is 22.0 Å². The van der Waals surface area contributed by atoms with Crippen LogP contribution in [0.1, 0.15) is 6.42 Å². The molecular weight excluding hydrogens is 287 g/mol. The normalized spacial score (nSPS) is 23.2. The SMILES string of the molecule is ClC1(Cl)CC1COc1c[c]cc(Br)c1. The molecule has 1 fully saturated rings. The smallest absolute Gasteiger partial charge is 0.125 e. The number of hydrogen-bond acceptors (Lipinski definition) is 1. The minimum Gasteiger partial charge on any atom is -0.493 e. The van der Waals surface area contributed by atoms with Gasteiger partial charge in [0.2, 0.25) is 0 Å². The molecule has 1 aliphatic rings. The molecule has 2 rings (SSSR count). The van der Waals surface area contributed by atoms with Gasteiger partial charge in [-0.15, -0.1) is 23.2 Å². The maximum atomic E-state index is 5.87. The molecule has 0 saturated heterocycles. The lowest BCUT2D eigenvalue weighted by Gasteiger charge is -2.05. The van der Waals surface area contributed by atoms with Gasteiger partial charge in [-0.2, -0.15) is 0 Å². The zero-order valence-corrected chi connectivity index (χ0v) is 10.4. The summed E-state index contributed by atoms with van der Waals surface area (Å²) >= 11 is 15.1. The Hall–Kier alpha value is 0.0800. The summed E-state index contributed by atoms with van der Waals surface area (Å²) in [4.78, 5) is 0. The second kappa shape index (κ2) is 3.92. The molecule has 0 N–H and O–H groups in total. The van der Waals surface area contributed by atoms with Crippen LogP contribution in [0, 0.1) is 12.0 Å². The number of benzene rings is 1. The van der Waals surface area contributed by atoms with E-state index in [0.717, 1.165) is 16.6 Å². The van der Waals surface area contributed by atoms with Crippen molar-refractivity contribution in [3.63, 3.8) is 0 Å². The zero-order chi connectivity index (χ0) is 10.2. The van der Waals surface area contributed by atoms with E-state index in [4.69, 9.17) is 27.9 Å². The highest BCUT2D eigenvalue weighted by atomic mass is 79.9. The molecule has 14 heavy (non-hydrogen) atoms. The summed E-state index contributed by atoms with van der Waals surface area (Å²) in [6.07, 6.45) is 0.813. The fourth-order valence-corrected chi connectivity index (χ4v) is 2.01. The molecular formula is C10H8BrCl2O. The van der Waals surface area contributed by atoms with Gasteiger partial charge in [0, 0.05) is 10.4 Å². The number of alkyl halides is 2. The molecule has 0 heterocycles. The Morgan fingerprint density at radius 1 is 1.57 bits per heavy atom. The molecule has 1 saturated carbocycles. The van der Waals surface area contributed by atoms with Crippen molar-refractivity contribution in [1.82, 2.24) is 0 Å². The molecule has 0 spiro atoms. The van der Waals surface area contributed by atoms with Crippen LogP contribution in [-0.2, 0) is 0 Å². The summed E-state index contributed by atoms with van der Waals surface area (Å²) in [5.74, 6) is 1.04. The van der Waals surface area contributed by atoms with Gasteiger partial charge in [-0.1, -0.05) is 15.9 Å². The van der Waals surface area contributed by atoms with Crippen molar-refractivity contribution in [2.24, 2.45) is 5.92 Å². The van der Waals surface area contributed by atoms with Gasteiger partial charge in [-0.3, -0.25) is 0 Å². The first-order chi connectivity index (χ1) is 6.58. The Morgan fingerprint density at radius 3 is 2.86 bits per heavy atom. The summed E-state index contributed by atoms with van der Waals surface area (Å²) in [5, 5.41) is 0. The number of ether oxygens (including phenoxy) is 1. The van der Waals surface area contributed by atoms with Gasteiger partial charge in [-0.05, 0) is 30.7 Å². The molecule has 75 valence electrons. The molecule has 1 aromatic rings. The molecule has 1 nitrogen and oxygen atoms in total. The average molecular weight is 295 g/mol. The Kier molecular flexibility index (Phi) is 2.96.